The molecular formula is C31H49ClO3. The maximum atomic E-state index is 11.6. The van der Waals surface area contributed by atoms with Crippen LogP contribution in [0.5, 0.6) is 0 Å². The van der Waals surface area contributed by atoms with Gasteiger partial charge in [-0.15, -0.1) is 0 Å². The molecule has 0 aliphatic heterocycles. The molecule has 0 aromatic rings. The SMILES string of the molecule is C=C(C)[C@@H]1CC[C@]2(COC(=O)Cl)CC[C@]3(C)[C@H](CC[C@@H]4[C@@]5(C)CC[C@H](O)C(C)(C)[C@@H]5CC[C@]43C)[C@@H]12. The lowest BCUT2D eigenvalue weighted by atomic mass is 9.32. The molecule has 1 N–H and O–H groups in total. The molecule has 0 aromatic carbocycles. The lowest BCUT2D eigenvalue weighted by molar-refractivity contribution is -0.249. The van der Waals surface area contributed by atoms with Gasteiger partial charge in [0.25, 0.3) is 0 Å². The summed E-state index contributed by atoms with van der Waals surface area (Å²) in [6, 6.07) is 0. The minimum atomic E-state index is -0.658. The summed E-state index contributed by atoms with van der Waals surface area (Å²) in [4.78, 5) is 11.6. The van der Waals surface area contributed by atoms with Gasteiger partial charge in [0.05, 0.1) is 12.7 Å². The van der Waals surface area contributed by atoms with Crippen LogP contribution >= 0.6 is 11.6 Å². The molecular weight excluding hydrogens is 456 g/mol. The van der Waals surface area contributed by atoms with Crippen molar-refractivity contribution >= 4 is 17.0 Å². The Bertz CT molecular complexity index is 898. The van der Waals surface area contributed by atoms with E-state index in [2.05, 4.69) is 48.1 Å². The molecule has 0 spiro atoms. The molecule has 5 saturated carbocycles. The zero-order valence-corrected chi connectivity index (χ0v) is 23.8. The van der Waals surface area contributed by atoms with Gasteiger partial charge in [0.1, 0.15) is 0 Å². The van der Waals surface area contributed by atoms with Gasteiger partial charge in [-0.25, -0.2) is 4.79 Å². The monoisotopic (exact) mass is 504 g/mol. The van der Waals surface area contributed by atoms with E-state index in [9.17, 15) is 9.90 Å². The van der Waals surface area contributed by atoms with Crippen molar-refractivity contribution < 1.29 is 14.6 Å². The van der Waals surface area contributed by atoms with E-state index in [-0.39, 0.29) is 22.3 Å². The van der Waals surface area contributed by atoms with Crippen LogP contribution in [0.4, 0.5) is 4.79 Å². The van der Waals surface area contributed by atoms with Crippen LogP contribution in [0.1, 0.15) is 106 Å². The average Bonchev–Trinajstić information content (AvgIpc) is 3.16. The quantitative estimate of drug-likeness (QED) is 0.310. The van der Waals surface area contributed by atoms with Crippen LogP contribution in [0.2, 0.25) is 0 Å². The summed E-state index contributed by atoms with van der Waals surface area (Å²) in [6.07, 6.45) is 11.6. The number of ether oxygens (including phenoxy) is 1. The number of carbonyl (C=O) groups is 1. The number of allylic oxidation sites excluding steroid dienone is 1. The Morgan fingerprint density at radius 2 is 1.63 bits per heavy atom. The van der Waals surface area contributed by atoms with E-state index in [1.807, 2.05) is 0 Å². The second-order valence-electron chi connectivity index (χ2n) is 15.0. The molecule has 0 bridgehead atoms. The van der Waals surface area contributed by atoms with Gasteiger partial charge in [-0.2, -0.15) is 0 Å². The average molecular weight is 505 g/mol. The van der Waals surface area contributed by atoms with Crippen molar-refractivity contribution in [2.45, 2.75) is 112 Å². The molecule has 5 rings (SSSR count). The summed E-state index contributed by atoms with van der Waals surface area (Å²) in [5, 5.41) is 10.9. The second kappa shape index (κ2) is 8.23. The van der Waals surface area contributed by atoms with Crippen molar-refractivity contribution in [3.8, 4) is 0 Å². The number of fused-ring (bicyclic) bond motifs is 7. The van der Waals surface area contributed by atoms with E-state index in [1.54, 1.807) is 0 Å². The van der Waals surface area contributed by atoms with Crippen molar-refractivity contribution in [2.24, 2.45) is 56.7 Å². The first-order valence-electron chi connectivity index (χ1n) is 14.4. The first kappa shape index (κ1) is 26.1. The first-order chi connectivity index (χ1) is 16.2. The molecule has 0 aromatic heterocycles. The third-order valence-corrected chi connectivity index (χ3v) is 13.8. The van der Waals surface area contributed by atoms with Crippen molar-refractivity contribution in [3.05, 3.63) is 12.2 Å². The van der Waals surface area contributed by atoms with Crippen LogP contribution in [-0.4, -0.2) is 23.2 Å². The number of rotatable bonds is 3. The summed E-state index contributed by atoms with van der Waals surface area (Å²) >= 11 is 5.68. The van der Waals surface area contributed by atoms with Gasteiger partial charge in [-0.1, -0.05) is 46.8 Å². The second-order valence-corrected chi connectivity index (χ2v) is 15.3. The first-order valence-corrected chi connectivity index (χ1v) is 14.8. The Hall–Kier alpha value is -0.540. The third kappa shape index (κ3) is 3.42. The van der Waals surface area contributed by atoms with E-state index >= 15 is 0 Å². The molecule has 0 heterocycles. The van der Waals surface area contributed by atoms with Crippen molar-refractivity contribution in [3.63, 3.8) is 0 Å². The maximum absolute atomic E-state index is 11.6. The molecule has 5 aliphatic rings. The van der Waals surface area contributed by atoms with E-state index in [0.29, 0.717) is 47.0 Å². The topological polar surface area (TPSA) is 46.5 Å². The third-order valence-electron chi connectivity index (χ3n) is 13.7. The van der Waals surface area contributed by atoms with E-state index in [1.165, 1.54) is 44.1 Å². The fourth-order valence-electron chi connectivity index (χ4n) is 11.7. The van der Waals surface area contributed by atoms with E-state index in [0.717, 1.165) is 25.7 Å². The van der Waals surface area contributed by atoms with Crippen LogP contribution < -0.4 is 0 Å². The fraction of sp³-hybridized carbons (Fsp3) is 0.903. The fourth-order valence-corrected chi connectivity index (χ4v) is 11.8. The molecule has 35 heavy (non-hydrogen) atoms. The Kier molecular flexibility index (Phi) is 6.13. The molecule has 0 radical (unpaired) electrons. The van der Waals surface area contributed by atoms with E-state index < -0.39 is 5.43 Å². The van der Waals surface area contributed by atoms with Crippen LogP contribution in [0.3, 0.4) is 0 Å². The lowest BCUT2D eigenvalue weighted by Crippen LogP contribution is -2.66. The highest BCUT2D eigenvalue weighted by molar-refractivity contribution is 6.61. The number of aliphatic hydroxyl groups is 1. The maximum Gasteiger partial charge on any atom is 0.403 e. The Morgan fingerprint density at radius 1 is 0.914 bits per heavy atom. The smallest absolute Gasteiger partial charge is 0.403 e. The molecule has 4 heteroatoms. The molecule has 5 fully saturated rings. The summed E-state index contributed by atoms with van der Waals surface area (Å²) in [6.45, 7) is 19.7. The van der Waals surface area contributed by atoms with Gasteiger partial charge in [-0.3, -0.25) is 0 Å². The highest BCUT2D eigenvalue weighted by atomic mass is 35.5. The van der Waals surface area contributed by atoms with Crippen LogP contribution in [-0.2, 0) is 4.74 Å². The highest BCUT2D eigenvalue weighted by Gasteiger charge is 2.70. The zero-order chi connectivity index (χ0) is 25.6. The number of carbonyl (C=O) groups excluding carboxylic acids is 1. The minimum absolute atomic E-state index is 0.00423. The van der Waals surface area contributed by atoms with Crippen LogP contribution in [0.15, 0.2) is 12.2 Å². The largest absolute Gasteiger partial charge is 0.453 e. The molecule has 0 unspecified atom stereocenters. The predicted molar refractivity (Wildman–Crippen MR) is 142 cm³/mol. The van der Waals surface area contributed by atoms with Gasteiger partial charge in [0.2, 0.25) is 0 Å². The molecule has 0 saturated heterocycles. The van der Waals surface area contributed by atoms with Gasteiger partial charge in [0.15, 0.2) is 0 Å². The molecule has 3 nitrogen and oxygen atoms in total. The molecule has 5 aliphatic carbocycles. The van der Waals surface area contributed by atoms with Gasteiger partial charge in [0, 0.05) is 17.0 Å². The number of hydrogen-bond donors (Lipinski definition) is 1. The Balaban J connectivity index is 1.53. The summed E-state index contributed by atoms with van der Waals surface area (Å²) < 4.78 is 5.55. The Morgan fingerprint density at radius 3 is 2.29 bits per heavy atom. The number of halogens is 1. The molecule has 10 atom stereocenters. The lowest BCUT2D eigenvalue weighted by Gasteiger charge is -2.73. The summed E-state index contributed by atoms with van der Waals surface area (Å²) in [5.74, 6) is 2.99. The zero-order valence-electron chi connectivity index (χ0n) is 23.1. The number of hydrogen-bond acceptors (Lipinski definition) is 3. The molecule has 0 amide bonds. The van der Waals surface area contributed by atoms with Gasteiger partial charge >= 0.3 is 5.43 Å². The standard InChI is InChI=1S/C31H49ClO3/c1-19(2)20-10-15-31(18-35-26(32)34)17-16-29(6)21(25(20)31)8-9-23-28(5)13-12-24(33)27(3,4)22(28)11-14-30(23,29)7/h20-25,33H,1,8-18H2,2-7H3/t20-,21+,22-,23+,24-,25+,28-,29+,30+,31+/m0/s1. The number of aliphatic hydroxyl groups excluding tert-OH is 1. The van der Waals surface area contributed by atoms with Gasteiger partial charge in [-0.05, 0) is 122 Å². The summed E-state index contributed by atoms with van der Waals surface area (Å²) in [7, 11) is 0. The van der Waals surface area contributed by atoms with Crippen LogP contribution in [0, 0.1) is 56.7 Å². The van der Waals surface area contributed by atoms with Crippen molar-refractivity contribution in [1.82, 2.24) is 0 Å². The Labute approximate surface area is 218 Å². The van der Waals surface area contributed by atoms with Crippen molar-refractivity contribution in [2.75, 3.05) is 6.61 Å². The predicted octanol–water partition coefficient (Wildman–Crippen LogP) is 8.38. The normalized spacial score (nSPS) is 52.5. The highest BCUT2D eigenvalue weighted by Crippen LogP contribution is 2.77. The molecule has 198 valence electrons. The minimum Gasteiger partial charge on any atom is -0.453 e. The van der Waals surface area contributed by atoms with Crippen molar-refractivity contribution in [1.29, 1.82) is 0 Å². The summed E-state index contributed by atoms with van der Waals surface area (Å²) in [5.41, 5.74) is 1.59. The van der Waals surface area contributed by atoms with Gasteiger partial charge < -0.3 is 9.84 Å². The van der Waals surface area contributed by atoms with Crippen LogP contribution in [0.25, 0.3) is 0 Å². The van der Waals surface area contributed by atoms with E-state index in [4.69, 9.17) is 16.3 Å².